The van der Waals surface area contributed by atoms with Crippen LogP contribution in [0.4, 0.5) is 0 Å². The second-order valence-electron chi connectivity index (χ2n) is 5.96. The molecule has 2 aliphatic rings. The molecule has 0 spiro atoms. The van der Waals surface area contributed by atoms with Gasteiger partial charge in [-0.3, -0.25) is 0 Å². The molecule has 0 amide bonds. The molecule has 0 radical (unpaired) electrons. The van der Waals surface area contributed by atoms with E-state index < -0.39 is 0 Å². The van der Waals surface area contributed by atoms with Gasteiger partial charge in [0.15, 0.2) is 0 Å². The monoisotopic (exact) mass is 258 g/mol. The lowest BCUT2D eigenvalue weighted by atomic mass is 9.88. The van der Waals surface area contributed by atoms with Crippen LogP contribution in [0.5, 0.6) is 0 Å². The van der Waals surface area contributed by atoms with Gasteiger partial charge in [-0.05, 0) is 53.6 Å². The van der Waals surface area contributed by atoms with Gasteiger partial charge in [0, 0.05) is 5.92 Å². The number of aryl methyl sites for hydroxylation is 2. The lowest BCUT2D eigenvalue weighted by molar-refractivity contribution is 1.03. The van der Waals surface area contributed by atoms with Crippen LogP contribution in [0.2, 0.25) is 0 Å². The van der Waals surface area contributed by atoms with Crippen molar-refractivity contribution in [3.05, 3.63) is 82.5 Å². The van der Waals surface area contributed by atoms with Crippen molar-refractivity contribution in [2.45, 2.75) is 26.2 Å². The molecule has 0 nitrogen and oxygen atoms in total. The average molecular weight is 258 g/mol. The Morgan fingerprint density at radius 1 is 0.900 bits per heavy atom. The van der Waals surface area contributed by atoms with Gasteiger partial charge in [-0.1, -0.05) is 60.2 Å². The third-order valence-electron chi connectivity index (χ3n) is 4.57. The molecule has 0 aliphatic heterocycles. The summed E-state index contributed by atoms with van der Waals surface area (Å²) in [6, 6.07) is 11.4. The van der Waals surface area contributed by atoms with Crippen molar-refractivity contribution >= 4 is 0 Å². The van der Waals surface area contributed by atoms with E-state index in [0.29, 0.717) is 5.92 Å². The molecule has 0 heterocycles. The number of fused-ring (bicyclic) bond motifs is 3. The molecule has 0 N–H and O–H groups in total. The van der Waals surface area contributed by atoms with E-state index in [0.717, 1.165) is 6.42 Å². The summed E-state index contributed by atoms with van der Waals surface area (Å²) in [4.78, 5) is 0. The summed E-state index contributed by atoms with van der Waals surface area (Å²) in [5, 5.41) is 0. The molecule has 20 heavy (non-hydrogen) atoms. The van der Waals surface area contributed by atoms with Crippen molar-refractivity contribution in [2.75, 3.05) is 0 Å². The fraction of sp³-hybridized carbons (Fsp3) is 0.200. The Hall–Kier alpha value is -2.08. The predicted molar refractivity (Wildman–Crippen MR) is 85.2 cm³/mol. The first-order valence-electron chi connectivity index (χ1n) is 7.31. The Morgan fingerprint density at radius 3 is 2.45 bits per heavy atom. The highest BCUT2D eigenvalue weighted by atomic mass is 14.3. The van der Waals surface area contributed by atoms with Gasteiger partial charge in [-0.2, -0.15) is 0 Å². The fourth-order valence-corrected chi connectivity index (χ4v) is 3.63. The van der Waals surface area contributed by atoms with Crippen LogP contribution in [-0.2, 0) is 6.42 Å². The Labute approximate surface area is 120 Å². The molecule has 0 saturated heterocycles. The summed E-state index contributed by atoms with van der Waals surface area (Å²) in [6.07, 6.45) is 10.0. The summed E-state index contributed by atoms with van der Waals surface area (Å²) >= 11 is 0. The highest BCUT2D eigenvalue weighted by Crippen LogP contribution is 2.43. The van der Waals surface area contributed by atoms with Crippen molar-refractivity contribution in [2.24, 2.45) is 0 Å². The fourth-order valence-electron chi connectivity index (χ4n) is 3.63. The minimum atomic E-state index is 0.459. The second kappa shape index (κ2) is 4.21. The summed E-state index contributed by atoms with van der Waals surface area (Å²) < 4.78 is 0. The predicted octanol–water partition coefficient (Wildman–Crippen LogP) is 5.08. The molecular formula is C20H18. The largest absolute Gasteiger partial charge is 0.0732 e. The third-order valence-corrected chi connectivity index (χ3v) is 4.57. The highest BCUT2D eigenvalue weighted by molar-refractivity contribution is 5.79. The Balaban J connectivity index is 1.94. The van der Waals surface area contributed by atoms with Gasteiger partial charge in [0.05, 0.1) is 0 Å². The Morgan fingerprint density at radius 2 is 1.65 bits per heavy atom. The third kappa shape index (κ3) is 1.61. The summed E-state index contributed by atoms with van der Waals surface area (Å²) in [5.41, 5.74) is 10.2. The van der Waals surface area contributed by atoms with Gasteiger partial charge in [-0.15, -0.1) is 0 Å². The van der Waals surface area contributed by atoms with Crippen LogP contribution in [0.25, 0.3) is 11.1 Å². The maximum absolute atomic E-state index is 2.34. The van der Waals surface area contributed by atoms with Crippen LogP contribution in [0.15, 0.2) is 54.6 Å². The quantitative estimate of drug-likeness (QED) is 0.570. The number of allylic oxidation sites excluding steroid dienone is 4. The highest BCUT2D eigenvalue weighted by Gasteiger charge is 2.24. The van der Waals surface area contributed by atoms with E-state index in [4.69, 9.17) is 0 Å². The van der Waals surface area contributed by atoms with Gasteiger partial charge >= 0.3 is 0 Å². The van der Waals surface area contributed by atoms with Gasteiger partial charge in [-0.25, -0.2) is 0 Å². The lowest BCUT2D eigenvalue weighted by Crippen LogP contribution is -1.99. The van der Waals surface area contributed by atoms with Crippen LogP contribution >= 0.6 is 0 Å². The zero-order valence-corrected chi connectivity index (χ0v) is 12.0. The first kappa shape index (κ1) is 11.7. The minimum Gasteiger partial charge on any atom is -0.0732 e. The first-order chi connectivity index (χ1) is 9.74. The molecule has 0 saturated carbocycles. The van der Waals surface area contributed by atoms with E-state index in [-0.39, 0.29) is 0 Å². The Kier molecular flexibility index (Phi) is 2.47. The van der Waals surface area contributed by atoms with Crippen molar-refractivity contribution in [3.8, 4) is 11.1 Å². The molecular weight excluding hydrogens is 240 g/mol. The number of rotatable bonds is 1. The zero-order chi connectivity index (χ0) is 13.7. The molecule has 2 aromatic carbocycles. The molecule has 0 bridgehead atoms. The maximum Gasteiger partial charge on any atom is 0.0210 e. The first-order valence-corrected chi connectivity index (χ1v) is 7.31. The molecule has 2 aliphatic carbocycles. The van der Waals surface area contributed by atoms with Crippen LogP contribution in [0.3, 0.4) is 0 Å². The van der Waals surface area contributed by atoms with Crippen molar-refractivity contribution in [1.82, 2.24) is 0 Å². The molecule has 0 fully saturated rings. The van der Waals surface area contributed by atoms with E-state index in [1.54, 1.807) is 0 Å². The lowest BCUT2D eigenvalue weighted by Gasteiger charge is -2.16. The number of hydrogen-bond donors (Lipinski definition) is 0. The van der Waals surface area contributed by atoms with E-state index in [1.807, 2.05) is 0 Å². The van der Waals surface area contributed by atoms with Crippen molar-refractivity contribution in [1.29, 1.82) is 0 Å². The molecule has 0 atom stereocenters. The summed E-state index contributed by atoms with van der Waals surface area (Å²) in [7, 11) is 0. The maximum atomic E-state index is 2.34. The van der Waals surface area contributed by atoms with Crippen molar-refractivity contribution in [3.63, 3.8) is 0 Å². The van der Waals surface area contributed by atoms with E-state index in [1.165, 1.54) is 38.9 Å². The topological polar surface area (TPSA) is 0 Å². The average Bonchev–Trinajstić information content (AvgIpc) is 3.04. The zero-order valence-electron chi connectivity index (χ0n) is 12.0. The molecule has 0 heteroatoms. The van der Waals surface area contributed by atoms with Crippen LogP contribution in [0.1, 0.15) is 33.7 Å². The standard InChI is InChI=1S/C20H18/c1-13-7-9-17-16(11-13)12-19-18(17)10-8-14(2)20(19)15-5-3-4-6-15/h3-11,15H,12H2,1-2H3. The van der Waals surface area contributed by atoms with E-state index in [9.17, 15) is 0 Å². The SMILES string of the molecule is Cc1ccc2c(c1)Cc1c-2ccc(C)c1C1C=CC=C1. The van der Waals surface area contributed by atoms with Crippen molar-refractivity contribution < 1.29 is 0 Å². The molecule has 0 unspecified atom stereocenters. The second-order valence-corrected chi connectivity index (χ2v) is 5.96. The van der Waals surface area contributed by atoms with Gasteiger partial charge < -0.3 is 0 Å². The molecule has 4 rings (SSSR count). The molecule has 0 aromatic heterocycles. The normalized spacial score (nSPS) is 15.7. The number of hydrogen-bond acceptors (Lipinski definition) is 0. The number of benzene rings is 2. The van der Waals surface area contributed by atoms with E-state index >= 15 is 0 Å². The smallest absolute Gasteiger partial charge is 0.0210 e. The molecule has 98 valence electrons. The van der Waals surface area contributed by atoms with Crippen LogP contribution in [0, 0.1) is 13.8 Å². The van der Waals surface area contributed by atoms with Crippen LogP contribution in [-0.4, -0.2) is 0 Å². The van der Waals surface area contributed by atoms with Gasteiger partial charge in [0.1, 0.15) is 0 Å². The summed E-state index contributed by atoms with van der Waals surface area (Å²) in [6.45, 7) is 4.42. The summed E-state index contributed by atoms with van der Waals surface area (Å²) in [5.74, 6) is 0.459. The van der Waals surface area contributed by atoms with Gasteiger partial charge in [0.25, 0.3) is 0 Å². The molecule has 2 aromatic rings. The van der Waals surface area contributed by atoms with Crippen LogP contribution < -0.4 is 0 Å². The Bertz CT molecular complexity index is 748. The van der Waals surface area contributed by atoms with Gasteiger partial charge in [0.2, 0.25) is 0 Å². The van der Waals surface area contributed by atoms with E-state index in [2.05, 4.69) is 68.5 Å². The minimum absolute atomic E-state index is 0.459.